The minimum absolute atomic E-state index is 0.157. The van der Waals surface area contributed by atoms with Crippen LogP contribution >= 0.6 is 0 Å². The second-order valence-corrected chi connectivity index (χ2v) is 7.33. The molecule has 7 nitrogen and oxygen atoms in total. The second kappa shape index (κ2) is 6.53. The van der Waals surface area contributed by atoms with Crippen molar-refractivity contribution >= 4 is 21.9 Å². The van der Waals surface area contributed by atoms with Crippen LogP contribution in [-0.2, 0) is 19.6 Å². The van der Waals surface area contributed by atoms with E-state index in [4.69, 9.17) is 5.11 Å². The average molecular weight is 306 g/mol. The van der Waals surface area contributed by atoms with Crippen LogP contribution in [0.2, 0.25) is 0 Å². The maximum atomic E-state index is 12.5. The summed E-state index contributed by atoms with van der Waals surface area (Å²) in [6, 6.07) is 0. The molecule has 0 saturated heterocycles. The predicted octanol–water partition coefficient (Wildman–Crippen LogP) is -0.0204. The summed E-state index contributed by atoms with van der Waals surface area (Å²) in [5.74, 6) is -2.27. The lowest BCUT2D eigenvalue weighted by atomic mass is 10.1. The molecule has 0 spiro atoms. The van der Waals surface area contributed by atoms with Crippen molar-refractivity contribution in [2.45, 2.75) is 31.4 Å². The van der Waals surface area contributed by atoms with E-state index in [1.807, 2.05) is 0 Å². The molecule has 0 heterocycles. The molecule has 0 aromatic heterocycles. The van der Waals surface area contributed by atoms with Crippen molar-refractivity contribution in [3.05, 3.63) is 0 Å². The molecule has 1 saturated carbocycles. The number of rotatable bonds is 6. The van der Waals surface area contributed by atoms with Gasteiger partial charge in [-0.3, -0.25) is 9.59 Å². The summed E-state index contributed by atoms with van der Waals surface area (Å²) in [6.07, 6.45) is 1.30. The number of aliphatic carboxylic acids is 1. The van der Waals surface area contributed by atoms with Crippen LogP contribution in [0.3, 0.4) is 0 Å². The lowest BCUT2D eigenvalue weighted by Crippen LogP contribution is -2.46. The molecule has 1 aliphatic carbocycles. The van der Waals surface area contributed by atoms with Crippen LogP contribution in [0, 0.1) is 5.92 Å². The first-order valence-electron chi connectivity index (χ1n) is 6.63. The van der Waals surface area contributed by atoms with Gasteiger partial charge in [-0.15, -0.1) is 0 Å². The summed E-state index contributed by atoms with van der Waals surface area (Å²) in [6.45, 7) is 1.56. The van der Waals surface area contributed by atoms with E-state index < -0.39 is 27.2 Å². The fourth-order valence-corrected chi connectivity index (χ4v) is 4.60. The SMILES string of the molecule is CCN(CC(=O)N(C)C)S(=O)(=O)C1CCCC1C(=O)O. The monoisotopic (exact) mass is 306 g/mol. The van der Waals surface area contributed by atoms with Gasteiger partial charge < -0.3 is 10.0 Å². The van der Waals surface area contributed by atoms with Gasteiger partial charge in [-0.05, 0) is 12.8 Å². The molecular weight excluding hydrogens is 284 g/mol. The van der Waals surface area contributed by atoms with Crippen molar-refractivity contribution < 1.29 is 23.1 Å². The molecule has 0 aromatic carbocycles. The largest absolute Gasteiger partial charge is 0.481 e. The van der Waals surface area contributed by atoms with Crippen molar-refractivity contribution in [1.29, 1.82) is 0 Å². The molecule has 20 heavy (non-hydrogen) atoms. The molecular formula is C12H22N2O5S. The summed E-state index contributed by atoms with van der Waals surface area (Å²) in [5, 5.41) is 8.19. The molecule has 1 rings (SSSR count). The summed E-state index contributed by atoms with van der Waals surface area (Å²) in [5.41, 5.74) is 0. The molecule has 116 valence electrons. The Hall–Kier alpha value is -1.15. The summed E-state index contributed by atoms with van der Waals surface area (Å²) in [7, 11) is -0.661. The number of carboxylic acids is 1. The summed E-state index contributed by atoms with van der Waals surface area (Å²) >= 11 is 0. The van der Waals surface area contributed by atoms with Crippen LogP contribution in [0.5, 0.6) is 0 Å². The van der Waals surface area contributed by atoms with Crippen LogP contribution in [0.25, 0.3) is 0 Å². The smallest absolute Gasteiger partial charge is 0.307 e. The Bertz CT molecular complexity index is 474. The van der Waals surface area contributed by atoms with E-state index in [1.54, 1.807) is 21.0 Å². The van der Waals surface area contributed by atoms with Crippen LogP contribution in [0.15, 0.2) is 0 Å². The minimum atomic E-state index is -3.77. The second-order valence-electron chi connectivity index (χ2n) is 5.17. The van der Waals surface area contributed by atoms with Crippen molar-refractivity contribution in [3.63, 3.8) is 0 Å². The van der Waals surface area contributed by atoms with Gasteiger partial charge >= 0.3 is 5.97 Å². The number of hydrogen-bond acceptors (Lipinski definition) is 4. The number of sulfonamides is 1. The Morgan fingerprint density at radius 1 is 1.25 bits per heavy atom. The van der Waals surface area contributed by atoms with Gasteiger partial charge in [0, 0.05) is 20.6 Å². The lowest BCUT2D eigenvalue weighted by molar-refractivity contribution is -0.141. The highest BCUT2D eigenvalue weighted by atomic mass is 32.2. The first-order chi connectivity index (χ1) is 9.21. The van der Waals surface area contributed by atoms with Gasteiger partial charge in [0.15, 0.2) is 0 Å². The highest BCUT2D eigenvalue weighted by Crippen LogP contribution is 2.33. The number of amides is 1. The molecule has 0 aliphatic heterocycles. The summed E-state index contributed by atoms with van der Waals surface area (Å²) in [4.78, 5) is 24.2. The molecule has 0 bridgehead atoms. The maximum absolute atomic E-state index is 12.5. The lowest BCUT2D eigenvalue weighted by Gasteiger charge is -2.26. The van der Waals surface area contributed by atoms with E-state index >= 15 is 0 Å². The van der Waals surface area contributed by atoms with Crippen LogP contribution in [-0.4, -0.2) is 67.0 Å². The van der Waals surface area contributed by atoms with Crippen molar-refractivity contribution in [1.82, 2.24) is 9.21 Å². The van der Waals surface area contributed by atoms with Gasteiger partial charge in [-0.2, -0.15) is 4.31 Å². The zero-order valence-corrected chi connectivity index (χ0v) is 12.9. The zero-order valence-electron chi connectivity index (χ0n) is 12.1. The van der Waals surface area contributed by atoms with Gasteiger partial charge in [-0.25, -0.2) is 8.42 Å². The Morgan fingerprint density at radius 3 is 2.30 bits per heavy atom. The number of carbonyl (C=O) groups excluding carboxylic acids is 1. The Kier molecular flexibility index (Phi) is 5.52. The fourth-order valence-electron chi connectivity index (χ4n) is 2.43. The quantitative estimate of drug-likeness (QED) is 0.744. The number of hydrogen-bond donors (Lipinski definition) is 1. The van der Waals surface area contributed by atoms with E-state index in [2.05, 4.69) is 0 Å². The van der Waals surface area contributed by atoms with Crippen LogP contribution in [0.1, 0.15) is 26.2 Å². The van der Waals surface area contributed by atoms with E-state index in [9.17, 15) is 18.0 Å². The van der Waals surface area contributed by atoms with Crippen molar-refractivity contribution in [2.75, 3.05) is 27.2 Å². The van der Waals surface area contributed by atoms with Crippen molar-refractivity contribution in [3.8, 4) is 0 Å². The van der Waals surface area contributed by atoms with Crippen LogP contribution in [0.4, 0.5) is 0 Å². The molecule has 1 aliphatic rings. The summed E-state index contributed by atoms with van der Waals surface area (Å²) < 4.78 is 26.1. The topological polar surface area (TPSA) is 95.0 Å². The molecule has 0 radical (unpaired) electrons. The number of nitrogens with zero attached hydrogens (tertiary/aromatic N) is 2. The Balaban J connectivity index is 2.95. The standard InChI is InChI=1S/C12H22N2O5S/c1-4-14(8-11(15)13(2)3)20(18,19)10-7-5-6-9(10)12(16)17/h9-10H,4-8H2,1-3H3,(H,16,17). The highest BCUT2D eigenvalue weighted by molar-refractivity contribution is 7.89. The number of likely N-dealkylation sites (N-methyl/N-ethyl adjacent to an activating group) is 2. The van der Waals surface area contributed by atoms with E-state index in [0.29, 0.717) is 19.3 Å². The highest BCUT2D eigenvalue weighted by Gasteiger charge is 2.44. The first-order valence-corrected chi connectivity index (χ1v) is 8.14. The third kappa shape index (κ3) is 3.49. The minimum Gasteiger partial charge on any atom is -0.481 e. The molecule has 0 aromatic rings. The third-order valence-corrected chi connectivity index (χ3v) is 6.11. The number of carbonyl (C=O) groups is 2. The zero-order chi connectivity index (χ0) is 15.5. The van der Waals surface area contributed by atoms with Gasteiger partial charge in [-0.1, -0.05) is 13.3 Å². The first kappa shape index (κ1) is 16.9. The molecule has 2 unspecified atom stereocenters. The van der Waals surface area contributed by atoms with E-state index in [1.165, 1.54) is 4.90 Å². The molecule has 1 fully saturated rings. The third-order valence-electron chi connectivity index (χ3n) is 3.68. The van der Waals surface area contributed by atoms with Gasteiger partial charge in [0.05, 0.1) is 17.7 Å². The predicted molar refractivity (Wildman–Crippen MR) is 73.6 cm³/mol. The van der Waals surface area contributed by atoms with Gasteiger partial charge in [0.2, 0.25) is 15.9 Å². The van der Waals surface area contributed by atoms with Gasteiger partial charge in [0.25, 0.3) is 0 Å². The molecule has 1 amide bonds. The van der Waals surface area contributed by atoms with E-state index in [0.717, 1.165) is 4.31 Å². The Morgan fingerprint density at radius 2 is 1.85 bits per heavy atom. The average Bonchev–Trinajstić information content (AvgIpc) is 2.84. The Labute approximate surface area is 119 Å². The fraction of sp³-hybridized carbons (Fsp3) is 0.833. The van der Waals surface area contributed by atoms with Crippen molar-refractivity contribution in [2.24, 2.45) is 5.92 Å². The van der Waals surface area contributed by atoms with Crippen LogP contribution < -0.4 is 0 Å². The molecule has 8 heteroatoms. The van der Waals surface area contributed by atoms with Gasteiger partial charge in [0.1, 0.15) is 0 Å². The normalized spacial score (nSPS) is 23.0. The maximum Gasteiger partial charge on any atom is 0.307 e. The van der Waals surface area contributed by atoms with E-state index in [-0.39, 0.29) is 19.0 Å². The molecule has 2 atom stereocenters. The molecule has 1 N–H and O–H groups in total. The number of carboxylic acid groups (broad SMARTS) is 1.